The molecule has 2 amide bonds. The fourth-order valence-corrected chi connectivity index (χ4v) is 4.42. The fourth-order valence-electron chi connectivity index (χ4n) is 4.12. The monoisotopic (exact) mass is 515 g/mol. The third-order valence-corrected chi connectivity index (χ3v) is 6.49. The van der Waals surface area contributed by atoms with Crippen molar-refractivity contribution in [3.8, 4) is 5.69 Å². The van der Waals surface area contributed by atoms with Gasteiger partial charge in [0.15, 0.2) is 12.4 Å². The summed E-state index contributed by atoms with van der Waals surface area (Å²) in [5, 5.41) is 3.77. The Labute approximate surface area is 212 Å². The van der Waals surface area contributed by atoms with Gasteiger partial charge in [-0.15, -0.1) is 0 Å². The van der Waals surface area contributed by atoms with E-state index in [4.69, 9.17) is 27.9 Å². The van der Waals surface area contributed by atoms with E-state index in [1.165, 1.54) is 11.8 Å². The second-order valence-corrected chi connectivity index (χ2v) is 9.04. The zero-order valence-corrected chi connectivity index (χ0v) is 21.1. The maximum atomic E-state index is 13.8. The summed E-state index contributed by atoms with van der Waals surface area (Å²) in [7, 11) is 1.50. The molecule has 0 bridgehead atoms. The van der Waals surface area contributed by atoms with Crippen molar-refractivity contribution in [3.63, 3.8) is 0 Å². The van der Waals surface area contributed by atoms with Crippen LogP contribution in [0, 0.1) is 6.92 Å². The van der Waals surface area contributed by atoms with E-state index in [2.05, 4.69) is 5.10 Å². The van der Waals surface area contributed by atoms with E-state index in [-0.39, 0.29) is 35.0 Å². The number of imide groups is 1. The summed E-state index contributed by atoms with van der Waals surface area (Å²) in [6.45, 7) is 4.10. The minimum Gasteiger partial charge on any atom is -0.383 e. The Morgan fingerprint density at radius 2 is 1.86 bits per heavy atom. The average Bonchev–Trinajstić information content (AvgIpc) is 3.26. The number of nitrogens with zero attached hydrogens (tertiary/aromatic N) is 3. The Balaban J connectivity index is 1.99. The standard InChI is InChI=1S/C25H24Cl2N4O4/c1-4-6-19-20(24(33)31(28-19)16-8-9-17(26)18(27)13-16)21-22(29-10-5-7-15(2)14-29)25(34)30(23(21)32)11-12-35-3/h5,7-10,13-14H,4,6,11-12H2,1-3H3/p+1. The van der Waals surface area contributed by atoms with Crippen LogP contribution in [0.3, 0.4) is 0 Å². The van der Waals surface area contributed by atoms with E-state index in [9.17, 15) is 14.4 Å². The lowest BCUT2D eigenvalue weighted by Gasteiger charge is -2.12. The number of carbonyl (C=O) groups is 2. The molecule has 0 atom stereocenters. The van der Waals surface area contributed by atoms with Gasteiger partial charge in [-0.25, -0.2) is 4.68 Å². The molecule has 0 unspecified atom stereocenters. The van der Waals surface area contributed by atoms with Gasteiger partial charge in [-0.2, -0.15) is 4.57 Å². The van der Waals surface area contributed by atoms with Crippen LogP contribution in [0.4, 0.5) is 0 Å². The van der Waals surface area contributed by atoms with Crippen molar-refractivity contribution in [2.45, 2.75) is 26.7 Å². The van der Waals surface area contributed by atoms with Gasteiger partial charge >= 0.3 is 5.91 Å². The summed E-state index contributed by atoms with van der Waals surface area (Å²) >= 11 is 12.2. The van der Waals surface area contributed by atoms with Crippen molar-refractivity contribution in [2.24, 2.45) is 0 Å². The van der Waals surface area contributed by atoms with Gasteiger partial charge in [-0.05, 0) is 37.6 Å². The molecule has 182 valence electrons. The van der Waals surface area contributed by atoms with E-state index < -0.39 is 17.4 Å². The van der Waals surface area contributed by atoms with Gasteiger partial charge in [0, 0.05) is 24.4 Å². The summed E-state index contributed by atoms with van der Waals surface area (Å²) in [5.41, 5.74) is 1.81. The van der Waals surface area contributed by atoms with E-state index in [0.717, 1.165) is 10.5 Å². The molecule has 3 aromatic rings. The fraction of sp³-hybridized carbons (Fsp3) is 0.280. The predicted molar refractivity (Wildman–Crippen MR) is 133 cm³/mol. The van der Waals surface area contributed by atoms with Gasteiger partial charge in [0.1, 0.15) is 5.57 Å². The second-order valence-electron chi connectivity index (χ2n) is 8.22. The zero-order valence-electron chi connectivity index (χ0n) is 19.6. The molecule has 1 N–H and O–H groups in total. The SMILES string of the molecule is CCCc1[nH]n(-c2ccc(Cl)c(Cl)c2)c(=O)c1C1=C([n+]2cccc(C)c2)C(=O)N(CCOC)C1=O. The lowest BCUT2D eigenvalue weighted by molar-refractivity contribution is -0.577. The van der Waals surface area contributed by atoms with Crippen LogP contribution in [-0.4, -0.2) is 46.8 Å². The number of hydrogen-bond acceptors (Lipinski definition) is 4. The maximum absolute atomic E-state index is 13.8. The van der Waals surface area contributed by atoms with E-state index in [1.807, 2.05) is 19.9 Å². The summed E-state index contributed by atoms with van der Waals surface area (Å²) in [5.74, 6) is -1.02. The molecule has 1 aliphatic heterocycles. The van der Waals surface area contributed by atoms with Gasteiger partial charge in [-0.1, -0.05) is 36.5 Å². The maximum Gasteiger partial charge on any atom is 0.326 e. The molecule has 0 saturated carbocycles. The van der Waals surface area contributed by atoms with Crippen LogP contribution in [0.1, 0.15) is 30.2 Å². The lowest BCUT2D eigenvalue weighted by Crippen LogP contribution is -2.40. The molecule has 0 fully saturated rings. The molecule has 10 heteroatoms. The Hall–Kier alpha value is -3.20. The van der Waals surface area contributed by atoms with Crippen LogP contribution in [-0.2, 0) is 20.7 Å². The van der Waals surface area contributed by atoms with Gasteiger partial charge in [0.25, 0.3) is 17.2 Å². The van der Waals surface area contributed by atoms with Crippen molar-refractivity contribution >= 4 is 46.3 Å². The van der Waals surface area contributed by atoms with Crippen molar-refractivity contribution in [1.82, 2.24) is 14.7 Å². The van der Waals surface area contributed by atoms with Gasteiger partial charge in [0.2, 0.25) is 0 Å². The number of aryl methyl sites for hydroxylation is 2. The second kappa shape index (κ2) is 10.2. The molecular formula is C25H25Cl2N4O4+. The molecule has 0 aliphatic carbocycles. The molecule has 2 aromatic heterocycles. The summed E-state index contributed by atoms with van der Waals surface area (Å²) in [4.78, 5) is 42.0. The normalized spacial score (nSPS) is 13.9. The number of ether oxygens (including phenoxy) is 1. The minimum absolute atomic E-state index is 0.0604. The minimum atomic E-state index is -0.536. The Morgan fingerprint density at radius 3 is 2.51 bits per heavy atom. The Kier molecular flexibility index (Phi) is 7.25. The highest BCUT2D eigenvalue weighted by Gasteiger charge is 2.47. The number of nitrogens with one attached hydrogen (secondary N) is 1. The Morgan fingerprint density at radius 1 is 1.09 bits per heavy atom. The highest BCUT2D eigenvalue weighted by atomic mass is 35.5. The van der Waals surface area contributed by atoms with Gasteiger partial charge in [0.05, 0.1) is 34.4 Å². The van der Waals surface area contributed by atoms with E-state index in [1.54, 1.807) is 41.2 Å². The molecular weight excluding hydrogens is 491 g/mol. The highest BCUT2D eigenvalue weighted by Crippen LogP contribution is 2.31. The van der Waals surface area contributed by atoms with Gasteiger partial charge in [-0.3, -0.25) is 24.4 Å². The van der Waals surface area contributed by atoms with Crippen molar-refractivity contribution in [2.75, 3.05) is 20.3 Å². The van der Waals surface area contributed by atoms with Crippen LogP contribution < -0.4 is 10.1 Å². The van der Waals surface area contributed by atoms with E-state index in [0.29, 0.717) is 29.2 Å². The number of benzene rings is 1. The Bertz CT molecular complexity index is 1410. The number of halogens is 2. The number of aromatic amines is 1. The molecule has 1 aromatic carbocycles. The molecule has 4 rings (SSSR count). The third-order valence-electron chi connectivity index (χ3n) is 5.75. The highest BCUT2D eigenvalue weighted by molar-refractivity contribution is 6.44. The lowest BCUT2D eigenvalue weighted by atomic mass is 10.0. The number of rotatable bonds is 8. The van der Waals surface area contributed by atoms with E-state index >= 15 is 0 Å². The van der Waals surface area contributed by atoms with Crippen molar-refractivity contribution in [1.29, 1.82) is 0 Å². The first-order valence-corrected chi connectivity index (χ1v) is 11.9. The van der Waals surface area contributed by atoms with Crippen LogP contribution >= 0.6 is 23.2 Å². The van der Waals surface area contributed by atoms with Crippen molar-refractivity contribution in [3.05, 3.63) is 79.9 Å². The quantitative estimate of drug-likeness (QED) is 0.367. The van der Waals surface area contributed by atoms with Crippen LogP contribution in [0.25, 0.3) is 17.0 Å². The van der Waals surface area contributed by atoms with Gasteiger partial charge < -0.3 is 4.74 Å². The molecule has 1 aliphatic rings. The smallest absolute Gasteiger partial charge is 0.326 e. The molecule has 0 saturated heterocycles. The van der Waals surface area contributed by atoms with Crippen LogP contribution in [0.2, 0.25) is 10.0 Å². The molecule has 3 heterocycles. The van der Waals surface area contributed by atoms with Crippen molar-refractivity contribution < 1.29 is 18.9 Å². The molecule has 35 heavy (non-hydrogen) atoms. The number of hydrogen-bond donors (Lipinski definition) is 1. The number of amides is 2. The third kappa shape index (κ3) is 4.57. The molecule has 8 nitrogen and oxygen atoms in total. The first-order valence-electron chi connectivity index (χ1n) is 11.2. The summed E-state index contributed by atoms with van der Waals surface area (Å²) in [6.07, 6.45) is 4.65. The topological polar surface area (TPSA) is 88.3 Å². The number of pyridine rings is 1. The predicted octanol–water partition coefficient (Wildman–Crippen LogP) is 3.40. The molecule has 0 spiro atoms. The molecule has 0 radical (unpaired) electrons. The number of aromatic nitrogens is 3. The number of H-pyrrole nitrogens is 1. The van der Waals surface area contributed by atoms with Crippen LogP contribution in [0.15, 0.2) is 47.5 Å². The first kappa shape index (κ1) is 24.9. The summed E-state index contributed by atoms with van der Waals surface area (Å²) < 4.78 is 8.03. The first-order chi connectivity index (χ1) is 16.8. The summed E-state index contributed by atoms with van der Waals surface area (Å²) in [6, 6.07) is 8.49. The average molecular weight is 516 g/mol. The number of methoxy groups -OCH3 is 1. The van der Waals surface area contributed by atoms with Crippen LogP contribution in [0.5, 0.6) is 0 Å². The largest absolute Gasteiger partial charge is 0.383 e. The zero-order chi connectivity index (χ0) is 25.3. The number of carbonyl (C=O) groups excluding carboxylic acids is 2.